The molecule has 1 fully saturated rings. The standard InChI is InChI=1S/C28H38N2O4/c1-6-25(28(32)29-23-11-7-8-12-23)30(17-22-10-9-13-24(16-22)33-5)27(31)18-34-26-15-19(2)14-20(3)21(26)4/h9-10,13-16,23,25H,6-8,11-12,17-18H2,1-5H3,(H,29,32)/t25-/m0/s1. The molecule has 0 aliphatic heterocycles. The van der Waals surface area contributed by atoms with Crippen molar-refractivity contribution in [2.24, 2.45) is 0 Å². The first-order valence-corrected chi connectivity index (χ1v) is 12.3. The highest BCUT2D eigenvalue weighted by Crippen LogP contribution is 2.24. The van der Waals surface area contributed by atoms with Crippen LogP contribution in [0.4, 0.5) is 0 Å². The lowest BCUT2D eigenvalue weighted by molar-refractivity contribution is -0.143. The maximum Gasteiger partial charge on any atom is 0.261 e. The Morgan fingerprint density at radius 2 is 1.85 bits per heavy atom. The summed E-state index contributed by atoms with van der Waals surface area (Å²) in [5, 5.41) is 3.17. The van der Waals surface area contributed by atoms with Crippen LogP contribution in [0.15, 0.2) is 36.4 Å². The molecule has 1 N–H and O–H groups in total. The Balaban J connectivity index is 1.81. The minimum Gasteiger partial charge on any atom is -0.497 e. The van der Waals surface area contributed by atoms with Crippen molar-refractivity contribution in [2.75, 3.05) is 13.7 Å². The second-order valence-corrected chi connectivity index (χ2v) is 9.28. The Morgan fingerprint density at radius 1 is 1.12 bits per heavy atom. The molecule has 0 radical (unpaired) electrons. The van der Waals surface area contributed by atoms with Crippen LogP contribution < -0.4 is 14.8 Å². The summed E-state index contributed by atoms with van der Waals surface area (Å²) in [6.07, 6.45) is 4.80. The van der Waals surface area contributed by atoms with Crippen molar-refractivity contribution in [1.29, 1.82) is 0 Å². The predicted molar refractivity (Wildman–Crippen MR) is 134 cm³/mol. The van der Waals surface area contributed by atoms with Gasteiger partial charge < -0.3 is 19.7 Å². The van der Waals surface area contributed by atoms with Crippen LogP contribution in [0.25, 0.3) is 0 Å². The number of nitrogens with zero attached hydrogens (tertiary/aromatic N) is 1. The largest absolute Gasteiger partial charge is 0.497 e. The summed E-state index contributed by atoms with van der Waals surface area (Å²) in [7, 11) is 1.62. The number of carbonyl (C=O) groups is 2. The number of hydrogen-bond donors (Lipinski definition) is 1. The van der Waals surface area contributed by atoms with E-state index in [1.807, 2.05) is 58.0 Å². The molecule has 6 nitrogen and oxygen atoms in total. The molecule has 0 heterocycles. The van der Waals surface area contributed by atoms with E-state index in [-0.39, 0.29) is 24.5 Å². The highest BCUT2D eigenvalue weighted by Gasteiger charge is 2.31. The number of methoxy groups -OCH3 is 1. The fourth-order valence-electron chi connectivity index (χ4n) is 4.63. The van der Waals surface area contributed by atoms with Gasteiger partial charge in [-0.05, 0) is 80.5 Å². The van der Waals surface area contributed by atoms with Gasteiger partial charge in [-0.25, -0.2) is 0 Å². The predicted octanol–water partition coefficient (Wildman–Crippen LogP) is 4.87. The second kappa shape index (κ2) is 11.9. The monoisotopic (exact) mass is 466 g/mol. The zero-order valence-corrected chi connectivity index (χ0v) is 21.1. The molecule has 2 amide bonds. The first-order chi connectivity index (χ1) is 16.3. The van der Waals surface area contributed by atoms with Crippen LogP contribution >= 0.6 is 0 Å². The van der Waals surface area contributed by atoms with Gasteiger partial charge in [0.1, 0.15) is 17.5 Å². The van der Waals surface area contributed by atoms with Crippen molar-refractivity contribution in [2.45, 2.75) is 78.4 Å². The summed E-state index contributed by atoms with van der Waals surface area (Å²) in [4.78, 5) is 28.4. The molecule has 1 aliphatic rings. The van der Waals surface area contributed by atoms with E-state index in [0.29, 0.717) is 18.7 Å². The Bertz CT molecular complexity index is 998. The first-order valence-electron chi connectivity index (χ1n) is 12.3. The van der Waals surface area contributed by atoms with Crippen molar-refractivity contribution in [1.82, 2.24) is 10.2 Å². The molecule has 6 heteroatoms. The van der Waals surface area contributed by atoms with Crippen LogP contribution in [0.3, 0.4) is 0 Å². The molecule has 0 spiro atoms. The van der Waals surface area contributed by atoms with E-state index in [4.69, 9.17) is 9.47 Å². The third-order valence-corrected chi connectivity index (χ3v) is 6.69. The number of nitrogens with one attached hydrogen (secondary N) is 1. The Morgan fingerprint density at radius 3 is 2.53 bits per heavy atom. The van der Waals surface area contributed by atoms with E-state index in [0.717, 1.165) is 53.7 Å². The minimum atomic E-state index is -0.566. The van der Waals surface area contributed by atoms with Crippen LogP contribution in [-0.2, 0) is 16.1 Å². The van der Waals surface area contributed by atoms with Crippen molar-refractivity contribution >= 4 is 11.8 Å². The van der Waals surface area contributed by atoms with E-state index in [9.17, 15) is 9.59 Å². The summed E-state index contributed by atoms with van der Waals surface area (Å²) < 4.78 is 11.3. The number of carbonyl (C=O) groups excluding carboxylic acids is 2. The van der Waals surface area contributed by atoms with E-state index in [1.165, 1.54) is 0 Å². The molecule has 0 unspecified atom stereocenters. The molecule has 1 saturated carbocycles. The lowest BCUT2D eigenvalue weighted by Crippen LogP contribution is -2.52. The number of benzene rings is 2. The number of amides is 2. The van der Waals surface area contributed by atoms with Crippen LogP contribution in [0.2, 0.25) is 0 Å². The number of ether oxygens (including phenoxy) is 2. The fourth-order valence-corrected chi connectivity index (χ4v) is 4.63. The van der Waals surface area contributed by atoms with Gasteiger partial charge in [0.25, 0.3) is 5.91 Å². The Kier molecular flexibility index (Phi) is 8.97. The number of hydrogen-bond acceptors (Lipinski definition) is 4. The molecular formula is C28H38N2O4. The molecule has 1 atom stereocenters. The van der Waals surface area contributed by atoms with Crippen molar-refractivity contribution in [3.8, 4) is 11.5 Å². The maximum atomic E-state index is 13.5. The average Bonchev–Trinajstić information content (AvgIpc) is 3.33. The number of aryl methyl sites for hydroxylation is 2. The topological polar surface area (TPSA) is 67.9 Å². The van der Waals surface area contributed by atoms with Crippen molar-refractivity contribution in [3.63, 3.8) is 0 Å². The lowest BCUT2D eigenvalue weighted by Gasteiger charge is -2.31. The van der Waals surface area contributed by atoms with Gasteiger partial charge in [-0.15, -0.1) is 0 Å². The fraction of sp³-hybridized carbons (Fsp3) is 0.500. The zero-order valence-electron chi connectivity index (χ0n) is 21.1. The molecule has 2 aromatic rings. The van der Waals surface area contributed by atoms with Crippen molar-refractivity contribution in [3.05, 3.63) is 58.7 Å². The summed E-state index contributed by atoms with van der Waals surface area (Å²) >= 11 is 0. The number of rotatable bonds is 10. The summed E-state index contributed by atoms with van der Waals surface area (Å²) in [5.74, 6) is 1.12. The highest BCUT2D eigenvalue weighted by atomic mass is 16.5. The molecule has 2 aromatic carbocycles. The molecule has 3 rings (SSSR count). The molecule has 1 aliphatic carbocycles. The molecular weight excluding hydrogens is 428 g/mol. The third-order valence-electron chi connectivity index (χ3n) is 6.69. The molecule has 34 heavy (non-hydrogen) atoms. The van der Waals surface area contributed by atoms with Crippen LogP contribution in [-0.4, -0.2) is 42.5 Å². The van der Waals surface area contributed by atoms with E-state index >= 15 is 0 Å². The van der Waals surface area contributed by atoms with Gasteiger partial charge in [0.15, 0.2) is 6.61 Å². The van der Waals surface area contributed by atoms with E-state index in [2.05, 4.69) is 11.4 Å². The van der Waals surface area contributed by atoms with E-state index < -0.39 is 6.04 Å². The van der Waals surface area contributed by atoms with Gasteiger partial charge in [0.05, 0.1) is 7.11 Å². The molecule has 184 valence electrons. The van der Waals surface area contributed by atoms with Crippen LogP contribution in [0.5, 0.6) is 11.5 Å². The van der Waals surface area contributed by atoms with Gasteiger partial charge in [0.2, 0.25) is 5.91 Å². The lowest BCUT2D eigenvalue weighted by atomic mass is 10.1. The van der Waals surface area contributed by atoms with Crippen LogP contribution in [0.1, 0.15) is 61.3 Å². The van der Waals surface area contributed by atoms with Crippen LogP contribution in [0, 0.1) is 20.8 Å². The molecule has 0 bridgehead atoms. The quantitative estimate of drug-likeness (QED) is 0.543. The minimum absolute atomic E-state index is 0.0896. The van der Waals surface area contributed by atoms with E-state index in [1.54, 1.807) is 12.0 Å². The molecule has 0 saturated heterocycles. The zero-order chi connectivity index (χ0) is 24.7. The van der Waals surface area contributed by atoms with Gasteiger partial charge >= 0.3 is 0 Å². The van der Waals surface area contributed by atoms with Gasteiger partial charge in [-0.2, -0.15) is 0 Å². The average molecular weight is 467 g/mol. The summed E-state index contributed by atoms with van der Waals surface area (Å²) in [6, 6.07) is 11.3. The summed E-state index contributed by atoms with van der Waals surface area (Å²) in [5.41, 5.74) is 4.13. The SMILES string of the molecule is CC[C@@H](C(=O)NC1CCCC1)N(Cc1cccc(OC)c1)C(=O)COc1cc(C)cc(C)c1C. The van der Waals surface area contributed by atoms with Crippen molar-refractivity contribution < 1.29 is 19.1 Å². The smallest absolute Gasteiger partial charge is 0.261 e. The normalized spacial score (nSPS) is 14.5. The third kappa shape index (κ3) is 6.52. The van der Waals surface area contributed by atoms with Gasteiger partial charge in [0, 0.05) is 12.6 Å². The molecule has 0 aromatic heterocycles. The van der Waals surface area contributed by atoms with Gasteiger partial charge in [-0.3, -0.25) is 9.59 Å². The highest BCUT2D eigenvalue weighted by molar-refractivity contribution is 5.88. The Hall–Kier alpha value is -3.02. The first kappa shape index (κ1) is 25.6. The van der Waals surface area contributed by atoms with Gasteiger partial charge in [-0.1, -0.05) is 38.0 Å². The second-order valence-electron chi connectivity index (χ2n) is 9.28. The maximum absolute atomic E-state index is 13.5. The summed E-state index contributed by atoms with van der Waals surface area (Å²) in [6.45, 7) is 8.16. The Labute approximate surface area is 203 Å².